The lowest BCUT2D eigenvalue weighted by molar-refractivity contribution is 0.0953. The van der Waals surface area contributed by atoms with Crippen LogP contribution in [-0.4, -0.2) is 19.6 Å². The van der Waals surface area contributed by atoms with E-state index in [1.54, 1.807) is 0 Å². The van der Waals surface area contributed by atoms with Crippen LogP contribution in [0.1, 0.15) is 21.3 Å². The van der Waals surface area contributed by atoms with Crippen molar-refractivity contribution >= 4 is 17.5 Å². The second kappa shape index (κ2) is 7.09. The Morgan fingerprint density at radius 1 is 1.29 bits per heavy atom. The minimum absolute atomic E-state index is 0.0353. The molecule has 0 saturated carbocycles. The van der Waals surface area contributed by atoms with Crippen molar-refractivity contribution in [3.63, 3.8) is 0 Å². The zero-order valence-corrected chi connectivity index (χ0v) is 12.2. The lowest BCUT2D eigenvalue weighted by Gasteiger charge is -2.12. The Kier molecular flexibility index (Phi) is 5.17. The van der Waals surface area contributed by atoms with E-state index >= 15 is 0 Å². The second-order valence-corrected chi connectivity index (χ2v) is 4.96. The molecule has 0 fully saturated rings. The van der Waals surface area contributed by atoms with Crippen LogP contribution in [0, 0.1) is 5.82 Å². The van der Waals surface area contributed by atoms with E-state index in [1.807, 2.05) is 30.3 Å². The Morgan fingerprint density at radius 3 is 2.67 bits per heavy atom. The van der Waals surface area contributed by atoms with Crippen molar-refractivity contribution in [2.24, 2.45) is 0 Å². The second-order valence-electron chi connectivity index (χ2n) is 4.44. The third kappa shape index (κ3) is 3.95. The predicted octanol–water partition coefficient (Wildman–Crippen LogP) is 3.54. The number of ether oxygens (including phenoxy) is 1. The molecule has 0 aromatic heterocycles. The normalized spacial score (nSPS) is 11.8. The lowest BCUT2D eigenvalue weighted by Crippen LogP contribution is -2.26. The summed E-state index contributed by atoms with van der Waals surface area (Å²) in [4.78, 5) is 12.0. The first-order chi connectivity index (χ1) is 10.1. The molecule has 0 spiro atoms. The van der Waals surface area contributed by atoms with Crippen molar-refractivity contribution in [1.29, 1.82) is 0 Å². The number of benzene rings is 2. The first-order valence-corrected chi connectivity index (χ1v) is 6.86. The van der Waals surface area contributed by atoms with E-state index in [0.29, 0.717) is 5.56 Å². The van der Waals surface area contributed by atoms with Crippen LogP contribution < -0.4 is 10.1 Å². The van der Waals surface area contributed by atoms with Gasteiger partial charge in [-0.3, -0.25) is 4.79 Å². The van der Waals surface area contributed by atoms with Gasteiger partial charge in [0.1, 0.15) is 0 Å². The molecule has 0 radical (unpaired) electrons. The molecule has 0 aliphatic heterocycles. The standard InChI is InChI=1S/C16H15ClFNO2/c1-21-15-9-12(7-8-14(15)18)16(20)19-10-13(17)11-5-3-2-4-6-11/h2-9,13H,10H2,1H3,(H,19,20). The molecule has 3 nitrogen and oxygen atoms in total. The maximum Gasteiger partial charge on any atom is 0.251 e. The van der Waals surface area contributed by atoms with Gasteiger partial charge in [-0.05, 0) is 23.8 Å². The summed E-state index contributed by atoms with van der Waals surface area (Å²) in [5.41, 5.74) is 1.25. The van der Waals surface area contributed by atoms with Crippen LogP contribution in [-0.2, 0) is 0 Å². The van der Waals surface area contributed by atoms with Gasteiger partial charge in [-0.2, -0.15) is 0 Å². The van der Waals surface area contributed by atoms with Gasteiger partial charge in [0, 0.05) is 12.1 Å². The molecule has 0 saturated heterocycles. The fourth-order valence-corrected chi connectivity index (χ4v) is 2.09. The molecule has 0 aliphatic carbocycles. The van der Waals surface area contributed by atoms with Gasteiger partial charge in [-0.15, -0.1) is 11.6 Å². The number of hydrogen-bond acceptors (Lipinski definition) is 2. The van der Waals surface area contributed by atoms with Crippen LogP contribution in [0.5, 0.6) is 5.75 Å². The molecule has 2 aromatic rings. The van der Waals surface area contributed by atoms with Gasteiger partial charge in [0.2, 0.25) is 0 Å². The molecular formula is C16H15ClFNO2. The van der Waals surface area contributed by atoms with E-state index in [9.17, 15) is 9.18 Å². The van der Waals surface area contributed by atoms with Gasteiger partial charge in [-0.1, -0.05) is 30.3 Å². The molecule has 0 heterocycles. The third-order valence-corrected chi connectivity index (χ3v) is 3.42. The summed E-state index contributed by atoms with van der Waals surface area (Å²) in [5, 5.41) is 2.40. The highest BCUT2D eigenvalue weighted by Gasteiger charge is 2.13. The molecule has 1 unspecified atom stereocenters. The number of hydrogen-bond donors (Lipinski definition) is 1. The maximum absolute atomic E-state index is 13.3. The van der Waals surface area contributed by atoms with Gasteiger partial charge in [0.25, 0.3) is 5.91 Å². The van der Waals surface area contributed by atoms with Crippen LogP contribution in [0.15, 0.2) is 48.5 Å². The quantitative estimate of drug-likeness (QED) is 0.858. The molecule has 0 bridgehead atoms. The van der Waals surface area contributed by atoms with E-state index in [4.69, 9.17) is 16.3 Å². The number of halogens is 2. The average Bonchev–Trinajstić information content (AvgIpc) is 2.53. The summed E-state index contributed by atoms with van der Waals surface area (Å²) in [6, 6.07) is 13.4. The fraction of sp³-hybridized carbons (Fsp3) is 0.188. The molecule has 1 atom stereocenters. The number of alkyl halides is 1. The van der Waals surface area contributed by atoms with Crippen LogP contribution >= 0.6 is 11.6 Å². The monoisotopic (exact) mass is 307 g/mol. The molecule has 2 rings (SSSR count). The number of carbonyl (C=O) groups is 1. The molecule has 21 heavy (non-hydrogen) atoms. The topological polar surface area (TPSA) is 38.3 Å². The Labute approximate surface area is 127 Å². The Morgan fingerprint density at radius 2 is 2.00 bits per heavy atom. The minimum Gasteiger partial charge on any atom is -0.494 e. The van der Waals surface area contributed by atoms with E-state index in [1.165, 1.54) is 25.3 Å². The van der Waals surface area contributed by atoms with Crippen molar-refractivity contribution in [3.8, 4) is 5.75 Å². The molecule has 0 aliphatic rings. The molecule has 110 valence electrons. The van der Waals surface area contributed by atoms with Crippen LogP contribution in [0.2, 0.25) is 0 Å². The SMILES string of the molecule is COc1cc(C(=O)NCC(Cl)c2ccccc2)ccc1F. The zero-order valence-electron chi connectivity index (χ0n) is 11.5. The van der Waals surface area contributed by atoms with E-state index < -0.39 is 5.82 Å². The van der Waals surface area contributed by atoms with E-state index in [-0.39, 0.29) is 23.6 Å². The summed E-state index contributed by atoms with van der Waals surface area (Å²) < 4.78 is 18.1. The van der Waals surface area contributed by atoms with Crippen molar-refractivity contribution in [2.75, 3.05) is 13.7 Å². The number of carbonyl (C=O) groups excluding carboxylic acids is 1. The minimum atomic E-state index is -0.506. The zero-order chi connectivity index (χ0) is 15.2. The largest absolute Gasteiger partial charge is 0.494 e. The van der Waals surface area contributed by atoms with E-state index in [0.717, 1.165) is 5.56 Å². The molecule has 1 amide bonds. The molecule has 2 aromatic carbocycles. The molecule has 5 heteroatoms. The summed E-state index contributed by atoms with van der Waals surface area (Å²) in [5.74, 6) is -0.795. The smallest absolute Gasteiger partial charge is 0.251 e. The van der Waals surface area contributed by atoms with Crippen LogP contribution in [0.3, 0.4) is 0 Å². The van der Waals surface area contributed by atoms with E-state index in [2.05, 4.69) is 5.32 Å². The number of rotatable bonds is 5. The number of nitrogens with one attached hydrogen (secondary N) is 1. The Bertz CT molecular complexity index is 619. The van der Waals surface area contributed by atoms with Crippen molar-refractivity contribution in [3.05, 3.63) is 65.5 Å². The predicted molar refractivity (Wildman–Crippen MR) is 80.3 cm³/mol. The highest BCUT2D eigenvalue weighted by Crippen LogP contribution is 2.20. The summed E-state index contributed by atoms with van der Waals surface area (Å²) in [6.07, 6.45) is 0. The van der Waals surface area contributed by atoms with Gasteiger partial charge in [0.05, 0.1) is 12.5 Å². The highest BCUT2D eigenvalue weighted by atomic mass is 35.5. The first-order valence-electron chi connectivity index (χ1n) is 6.42. The van der Waals surface area contributed by atoms with Crippen molar-refractivity contribution in [1.82, 2.24) is 5.32 Å². The van der Waals surface area contributed by atoms with Gasteiger partial charge in [0.15, 0.2) is 11.6 Å². The van der Waals surface area contributed by atoms with Crippen LogP contribution in [0.25, 0.3) is 0 Å². The van der Waals surface area contributed by atoms with Gasteiger partial charge in [-0.25, -0.2) is 4.39 Å². The molecular weight excluding hydrogens is 293 g/mol. The number of amides is 1. The van der Waals surface area contributed by atoms with Gasteiger partial charge >= 0.3 is 0 Å². The van der Waals surface area contributed by atoms with Crippen LogP contribution in [0.4, 0.5) is 4.39 Å². The Hall–Kier alpha value is -2.07. The lowest BCUT2D eigenvalue weighted by atomic mass is 10.1. The Balaban J connectivity index is 1.99. The highest BCUT2D eigenvalue weighted by molar-refractivity contribution is 6.21. The number of methoxy groups -OCH3 is 1. The first kappa shape index (κ1) is 15.3. The van der Waals surface area contributed by atoms with Crippen molar-refractivity contribution < 1.29 is 13.9 Å². The fourth-order valence-electron chi connectivity index (χ4n) is 1.87. The van der Waals surface area contributed by atoms with Crippen molar-refractivity contribution in [2.45, 2.75) is 5.38 Å². The summed E-state index contributed by atoms with van der Waals surface area (Å²) >= 11 is 6.22. The average molecular weight is 308 g/mol. The third-order valence-electron chi connectivity index (χ3n) is 3.02. The molecule has 1 N–H and O–H groups in total. The van der Waals surface area contributed by atoms with Gasteiger partial charge < -0.3 is 10.1 Å². The summed E-state index contributed by atoms with van der Waals surface area (Å²) in [6.45, 7) is 0.282. The summed E-state index contributed by atoms with van der Waals surface area (Å²) in [7, 11) is 1.35. The maximum atomic E-state index is 13.3.